The van der Waals surface area contributed by atoms with Crippen molar-refractivity contribution in [1.82, 2.24) is 10.4 Å². The van der Waals surface area contributed by atoms with Crippen LogP contribution < -0.4 is 5.43 Å². The lowest BCUT2D eigenvalue weighted by atomic mass is 10.0. The molecule has 0 bridgehead atoms. The van der Waals surface area contributed by atoms with Crippen molar-refractivity contribution in [2.75, 3.05) is 6.54 Å². The molecule has 1 fully saturated rings. The van der Waals surface area contributed by atoms with Gasteiger partial charge in [0.1, 0.15) is 12.4 Å². The summed E-state index contributed by atoms with van der Waals surface area (Å²) in [5, 5.41) is 0.0221. The Kier molecular flexibility index (Phi) is 7.42. The molecule has 1 heterocycles. The average molecular weight is 474 g/mol. The minimum Gasteiger partial charge on any atom is -0.279 e. The summed E-state index contributed by atoms with van der Waals surface area (Å²) in [7, 11) is 0. The Balaban J connectivity index is 1.58. The fraction of sp³-hybridized carbons (Fsp3) is 0.360. The van der Waals surface area contributed by atoms with Crippen molar-refractivity contribution >= 4 is 35.7 Å². The molecule has 1 aliphatic heterocycles. The van der Waals surface area contributed by atoms with Crippen LogP contribution in [0, 0.1) is 0 Å². The Morgan fingerprint density at radius 3 is 2.42 bits per heavy atom. The predicted octanol–water partition coefficient (Wildman–Crippen LogP) is 5.90. The number of hydrogen-bond acceptors (Lipinski definition) is 4. The summed E-state index contributed by atoms with van der Waals surface area (Å²) < 4.78 is 39.5. The molecule has 1 saturated carbocycles. The Bertz CT molecular complexity index is 1020. The minimum absolute atomic E-state index is 0.240. The molecule has 1 unspecified atom stereocenters. The third-order valence-electron chi connectivity index (χ3n) is 5.60. The Morgan fingerprint density at radius 2 is 1.70 bits per heavy atom. The molecule has 2 aliphatic rings. The van der Waals surface area contributed by atoms with Crippen molar-refractivity contribution < 1.29 is 18.0 Å². The lowest BCUT2D eigenvalue weighted by molar-refractivity contribution is -0.165. The van der Waals surface area contributed by atoms with Gasteiger partial charge in [0.25, 0.3) is 5.91 Å². The molecule has 0 spiro atoms. The van der Waals surface area contributed by atoms with E-state index in [-0.39, 0.29) is 11.1 Å². The number of nitrogens with one attached hydrogen (secondary N) is 1. The summed E-state index contributed by atoms with van der Waals surface area (Å²) in [5.41, 5.74) is 5.19. The van der Waals surface area contributed by atoms with Crippen LogP contribution in [0.25, 0.3) is 12.2 Å². The number of alkyl halides is 3. The molecule has 174 valence electrons. The summed E-state index contributed by atoms with van der Waals surface area (Å²) in [6.45, 7) is -1.36. The molecule has 1 aliphatic carbocycles. The van der Waals surface area contributed by atoms with E-state index < -0.39 is 24.0 Å². The normalized spacial score (nSPS) is 20.1. The fourth-order valence-corrected chi connectivity index (χ4v) is 5.35. The first-order chi connectivity index (χ1) is 15.9. The SMILES string of the molecule is O=C1C(SC2CCCCC2)N=C(c2cccc(C=Cc3ccccc3)c2)NN1CC(F)(F)F. The van der Waals surface area contributed by atoms with Gasteiger partial charge in [-0.2, -0.15) is 13.2 Å². The number of amides is 1. The quantitative estimate of drug-likeness (QED) is 0.531. The van der Waals surface area contributed by atoms with Gasteiger partial charge in [0, 0.05) is 10.8 Å². The third-order valence-corrected chi connectivity index (χ3v) is 7.02. The van der Waals surface area contributed by atoms with Crippen LogP contribution in [0.4, 0.5) is 13.2 Å². The van der Waals surface area contributed by atoms with Gasteiger partial charge in [0.15, 0.2) is 5.37 Å². The molecule has 1 N–H and O–H groups in total. The van der Waals surface area contributed by atoms with Gasteiger partial charge in [-0.05, 0) is 30.0 Å². The number of nitrogens with zero attached hydrogens (tertiary/aromatic N) is 2. The Morgan fingerprint density at radius 1 is 1.00 bits per heavy atom. The zero-order valence-electron chi connectivity index (χ0n) is 18.1. The Labute approximate surface area is 195 Å². The van der Waals surface area contributed by atoms with Crippen LogP contribution in [-0.2, 0) is 4.79 Å². The summed E-state index contributed by atoms with van der Waals surface area (Å²) in [4.78, 5) is 17.4. The van der Waals surface area contributed by atoms with Crippen LogP contribution in [0.3, 0.4) is 0 Å². The highest BCUT2D eigenvalue weighted by Gasteiger charge is 2.39. The number of rotatable bonds is 6. The zero-order valence-corrected chi connectivity index (χ0v) is 18.9. The summed E-state index contributed by atoms with van der Waals surface area (Å²) in [6, 6.07) is 17.2. The van der Waals surface area contributed by atoms with Crippen molar-refractivity contribution in [2.45, 2.75) is 48.9 Å². The van der Waals surface area contributed by atoms with Crippen molar-refractivity contribution in [1.29, 1.82) is 0 Å². The maximum absolute atomic E-state index is 13.2. The second-order valence-corrected chi connectivity index (χ2v) is 9.63. The number of amidine groups is 1. The molecule has 4 rings (SSSR count). The number of benzene rings is 2. The van der Waals surface area contributed by atoms with Crippen LogP contribution in [0.2, 0.25) is 0 Å². The van der Waals surface area contributed by atoms with E-state index in [1.807, 2.05) is 60.7 Å². The van der Waals surface area contributed by atoms with E-state index in [1.165, 1.54) is 11.8 Å². The molecule has 1 atom stereocenters. The fourth-order valence-electron chi connectivity index (χ4n) is 3.97. The van der Waals surface area contributed by atoms with Gasteiger partial charge in [0.05, 0.1) is 0 Å². The smallest absolute Gasteiger partial charge is 0.279 e. The molecule has 2 aromatic rings. The highest BCUT2D eigenvalue weighted by molar-refractivity contribution is 8.01. The number of carbonyl (C=O) groups excluding carboxylic acids is 1. The maximum Gasteiger partial charge on any atom is 0.408 e. The summed E-state index contributed by atoms with van der Waals surface area (Å²) in [5.74, 6) is -0.367. The maximum atomic E-state index is 13.2. The van der Waals surface area contributed by atoms with Crippen LogP contribution in [0.15, 0.2) is 59.6 Å². The zero-order chi connectivity index (χ0) is 23.3. The van der Waals surface area contributed by atoms with E-state index in [1.54, 1.807) is 6.07 Å². The molecule has 1 amide bonds. The van der Waals surface area contributed by atoms with Gasteiger partial charge >= 0.3 is 6.18 Å². The van der Waals surface area contributed by atoms with Crippen molar-refractivity contribution in [3.63, 3.8) is 0 Å². The summed E-state index contributed by atoms with van der Waals surface area (Å²) in [6.07, 6.45) is 4.65. The van der Waals surface area contributed by atoms with Gasteiger partial charge < -0.3 is 0 Å². The second kappa shape index (κ2) is 10.5. The lowest BCUT2D eigenvalue weighted by Gasteiger charge is -2.34. The van der Waals surface area contributed by atoms with Gasteiger partial charge in [-0.1, -0.05) is 79.9 Å². The largest absolute Gasteiger partial charge is 0.408 e. The predicted molar refractivity (Wildman–Crippen MR) is 128 cm³/mol. The van der Waals surface area contributed by atoms with E-state index in [9.17, 15) is 18.0 Å². The number of thioether (sulfide) groups is 1. The van der Waals surface area contributed by atoms with Crippen LogP contribution in [-0.4, -0.2) is 40.1 Å². The number of carbonyl (C=O) groups is 1. The highest BCUT2D eigenvalue weighted by Crippen LogP contribution is 2.34. The van der Waals surface area contributed by atoms with Gasteiger partial charge in [-0.25, -0.2) is 10.0 Å². The molecular weight excluding hydrogens is 447 g/mol. The third kappa shape index (κ3) is 6.63. The van der Waals surface area contributed by atoms with E-state index in [2.05, 4.69) is 10.4 Å². The van der Waals surface area contributed by atoms with Gasteiger partial charge in [0.2, 0.25) is 0 Å². The molecule has 33 heavy (non-hydrogen) atoms. The molecule has 0 radical (unpaired) electrons. The second-order valence-electron chi connectivity index (χ2n) is 8.25. The molecule has 0 saturated heterocycles. The van der Waals surface area contributed by atoms with Gasteiger partial charge in [-0.3, -0.25) is 10.2 Å². The van der Waals surface area contributed by atoms with Crippen LogP contribution in [0.5, 0.6) is 0 Å². The van der Waals surface area contributed by atoms with E-state index in [4.69, 9.17) is 0 Å². The molecule has 2 aromatic carbocycles. The van der Waals surface area contributed by atoms with E-state index in [0.717, 1.165) is 43.2 Å². The highest BCUT2D eigenvalue weighted by atomic mass is 32.2. The van der Waals surface area contributed by atoms with Gasteiger partial charge in [-0.15, -0.1) is 11.8 Å². The average Bonchev–Trinajstić information content (AvgIpc) is 2.81. The van der Waals surface area contributed by atoms with Crippen molar-refractivity contribution in [3.05, 3.63) is 71.3 Å². The van der Waals surface area contributed by atoms with E-state index >= 15 is 0 Å². The Hall–Kier alpha value is -2.74. The van der Waals surface area contributed by atoms with E-state index in [0.29, 0.717) is 10.6 Å². The first-order valence-electron chi connectivity index (χ1n) is 11.1. The monoisotopic (exact) mass is 473 g/mol. The number of hydrogen-bond donors (Lipinski definition) is 1. The molecular formula is C25H26F3N3OS. The molecule has 0 aromatic heterocycles. The standard InChI is InChI=1S/C25H26F3N3OS/c26-25(27,28)17-31-24(32)23(33-21-12-5-2-6-13-21)29-22(30-31)20-11-7-10-19(16-20)15-14-18-8-3-1-4-9-18/h1,3-4,7-11,14-16,21,23H,2,5-6,12-13,17H2,(H,29,30). The summed E-state index contributed by atoms with van der Waals surface area (Å²) >= 11 is 1.39. The lowest BCUT2D eigenvalue weighted by Crippen LogP contribution is -2.56. The van der Waals surface area contributed by atoms with Crippen LogP contribution in [0.1, 0.15) is 48.8 Å². The topological polar surface area (TPSA) is 44.7 Å². The number of hydrazine groups is 1. The number of halogens is 3. The minimum atomic E-state index is -4.51. The first kappa shape index (κ1) is 23.4. The van der Waals surface area contributed by atoms with Crippen LogP contribution >= 0.6 is 11.8 Å². The number of aliphatic imine (C=N–C) groups is 1. The first-order valence-corrected chi connectivity index (χ1v) is 12.0. The van der Waals surface area contributed by atoms with Crippen molar-refractivity contribution in [3.8, 4) is 0 Å². The van der Waals surface area contributed by atoms with Crippen molar-refractivity contribution in [2.24, 2.45) is 4.99 Å². The molecule has 8 heteroatoms. The molecule has 4 nitrogen and oxygen atoms in total.